The summed E-state index contributed by atoms with van der Waals surface area (Å²) in [6, 6.07) is 0. The van der Waals surface area contributed by atoms with E-state index in [1.54, 1.807) is 0 Å². The summed E-state index contributed by atoms with van der Waals surface area (Å²) in [6.45, 7) is 2.31. The Hall–Kier alpha value is -0.860. The lowest BCUT2D eigenvalue weighted by Gasteiger charge is -2.05. The van der Waals surface area contributed by atoms with Crippen molar-refractivity contribution in [2.24, 2.45) is 0 Å². The number of unbranched alkanes of at least 4 members (excludes halogenated alkanes) is 52. The molecule has 0 heterocycles. The molecule has 3 heteroatoms. The van der Waals surface area contributed by atoms with E-state index in [9.17, 15) is 9.59 Å². The third kappa shape index (κ3) is 59.1. The first-order chi connectivity index (χ1) is 31.2. The summed E-state index contributed by atoms with van der Waals surface area (Å²) in [7, 11) is 0. The fourth-order valence-corrected chi connectivity index (χ4v) is 9.96. The Balaban J connectivity index is 3.13. The highest BCUT2D eigenvalue weighted by Crippen LogP contribution is 2.19. The minimum atomic E-state index is -0.661. The fraction of sp³-hybridized carbons (Fsp3) is 0.967. The molecule has 0 aliphatic carbocycles. The van der Waals surface area contributed by atoms with E-state index < -0.39 is 5.97 Å². The van der Waals surface area contributed by atoms with Crippen molar-refractivity contribution in [1.29, 1.82) is 0 Å². The highest BCUT2D eigenvalue weighted by atomic mass is 16.4. The number of hydrogen-bond donors (Lipinski definition) is 1. The molecule has 0 unspecified atom stereocenters. The first kappa shape index (κ1) is 62.1. The van der Waals surface area contributed by atoms with Crippen molar-refractivity contribution in [3.8, 4) is 0 Å². The molecule has 63 heavy (non-hydrogen) atoms. The second-order valence-electron chi connectivity index (χ2n) is 20.9. The van der Waals surface area contributed by atoms with Gasteiger partial charge in [0.05, 0.1) is 0 Å². The SMILES string of the molecule is CCCCCCCCCCCCCCCCCCCCCCCCCCCCCCCCCCCCCCCCCCC(=O)CCCCCCCCCCCCCCCCC(=O)O. The molecule has 0 bridgehead atoms. The molecule has 0 aromatic carbocycles. The van der Waals surface area contributed by atoms with Crippen LogP contribution < -0.4 is 0 Å². The Morgan fingerprint density at radius 2 is 0.333 bits per heavy atom. The van der Waals surface area contributed by atoms with E-state index in [4.69, 9.17) is 5.11 Å². The van der Waals surface area contributed by atoms with Gasteiger partial charge in [0, 0.05) is 19.3 Å². The average molecular weight is 888 g/mol. The molecule has 0 atom stereocenters. The van der Waals surface area contributed by atoms with Crippen LogP contribution in [-0.4, -0.2) is 16.9 Å². The van der Waals surface area contributed by atoms with Crippen LogP contribution in [-0.2, 0) is 9.59 Å². The zero-order valence-corrected chi connectivity index (χ0v) is 43.6. The van der Waals surface area contributed by atoms with Gasteiger partial charge >= 0.3 is 5.97 Å². The lowest BCUT2D eigenvalue weighted by molar-refractivity contribution is -0.137. The standard InChI is InChI=1S/C60H118O3/c1-2-3-4-5-6-7-8-9-10-11-12-13-14-15-16-17-18-19-20-21-22-23-24-25-26-27-28-29-30-31-32-33-34-35-38-41-44-47-50-53-56-59(61)57-54-51-48-45-42-39-36-37-40-43-46-49-52-55-58-60(62)63/h2-58H2,1H3,(H,62,63). The van der Waals surface area contributed by atoms with Crippen LogP contribution in [0.1, 0.15) is 373 Å². The topological polar surface area (TPSA) is 54.4 Å². The van der Waals surface area contributed by atoms with Crippen molar-refractivity contribution in [3.05, 3.63) is 0 Å². The highest BCUT2D eigenvalue weighted by Gasteiger charge is 2.03. The Bertz CT molecular complexity index is 852. The van der Waals surface area contributed by atoms with Gasteiger partial charge in [-0.2, -0.15) is 0 Å². The first-order valence-electron chi connectivity index (χ1n) is 29.9. The molecule has 0 aliphatic heterocycles. The van der Waals surface area contributed by atoms with Crippen molar-refractivity contribution >= 4 is 11.8 Å². The highest BCUT2D eigenvalue weighted by molar-refractivity contribution is 5.78. The zero-order chi connectivity index (χ0) is 45.5. The van der Waals surface area contributed by atoms with Gasteiger partial charge in [-0.15, -0.1) is 0 Å². The van der Waals surface area contributed by atoms with Crippen LogP contribution in [0.25, 0.3) is 0 Å². The molecule has 0 saturated heterocycles. The number of carboxylic acids is 1. The number of ketones is 1. The molecular weight excluding hydrogens is 769 g/mol. The molecule has 0 saturated carbocycles. The predicted molar refractivity (Wildman–Crippen MR) is 281 cm³/mol. The molecule has 0 aliphatic rings. The van der Waals surface area contributed by atoms with Gasteiger partial charge in [0.1, 0.15) is 5.78 Å². The Morgan fingerprint density at radius 1 is 0.206 bits per heavy atom. The molecule has 376 valence electrons. The Labute approximate surface area is 397 Å². The summed E-state index contributed by atoms with van der Waals surface area (Å²) in [4.78, 5) is 22.8. The van der Waals surface area contributed by atoms with Gasteiger partial charge in [0.25, 0.3) is 0 Å². The van der Waals surface area contributed by atoms with Crippen LogP contribution in [0.3, 0.4) is 0 Å². The molecule has 0 rings (SSSR count). The van der Waals surface area contributed by atoms with E-state index in [-0.39, 0.29) is 0 Å². The van der Waals surface area contributed by atoms with Crippen LogP contribution in [0.2, 0.25) is 0 Å². The van der Waals surface area contributed by atoms with Crippen molar-refractivity contribution in [2.45, 2.75) is 373 Å². The maximum Gasteiger partial charge on any atom is 0.303 e. The number of Topliss-reactive ketones (excluding diaryl/α,β-unsaturated/α-hetero) is 1. The van der Waals surface area contributed by atoms with Gasteiger partial charge < -0.3 is 5.11 Å². The van der Waals surface area contributed by atoms with E-state index in [1.807, 2.05) is 0 Å². The number of rotatable bonds is 58. The summed E-state index contributed by atoms with van der Waals surface area (Å²) in [5.74, 6) is -0.153. The van der Waals surface area contributed by atoms with Crippen LogP contribution in [0, 0.1) is 0 Å². The quantitative estimate of drug-likeness (QED) is 0.0619. The monoisotopic (exact) mass is 887 g/mol. The van der Waals surface area contributed by atoms with Crippen LogP contribution >= 0.6 is 0 Å². The summed E-state index contributed by atoms with van der Waals surface area (Å²) in [5.41, 5.74) is 0. The maximum atomic E-state index is 12.3. The molecule has 0 aromatic rings. The smallest absolute Gasteiger partial charge is 0.303 e. The molecule has 0 spiro atoms. The molecule has 0 aromatic heterocycles. The lowest BCUT2D eigenvalue weighted by atomic mass is 10.0. The van der Waals surface area contributed by atoms with Crippen molar-refractivity contribution in [2.75, 3.05) is 0 Å². The minimum absolute atomic E-state index is 0.330. The second kappa shape index (κ2) is 57.3. The van der Waals surface area contributed by atoms with E-state index in [1.165, 1.54) is 321 Å². The Kier molecular flexibility index (Phi) is 56.5. The van der Waals surface area contributed by atoms with E-state index in [0.717, 1.165) is 38.5 Å². The predicted octanol–water partition coefficient (Wildman–Crippen LogP) is 21.9. The molecule has 3 nitrogen and oxygen atoms in total. The maximum absolute atomic E-state index is 12.3. The minimum Gasteiger partial charge on any atom is -0.481 e. The van der Waals surface area contributed by atoms with Crippen LogP contribution in [0.5, 0.6) is 0 Å². The number of aliphatic carboxylic acids is 1. The number of carbonyl (C=O) groups is 2. The first-order valence-corrected chi connectivity index (χ1v) is 29.9. The number of hydrogen-bond acceptors (Lipinski definition) is 2. The molecule has 0 radical (unpaired) electrons. The van der Waals surface area contributed by atoms with Crippen LogP contribution in [0.4, 0.5) is 0 Å². The average Bonchev–Trinajstić information content (AvgIpc) is 3.28. The molecule has 1 N–H and O–H groups in total. The number of carbonyl (C=O) groups excluding carboxylic acids is 1. The Morgan fingerprint density at radius 3 is 0.476 bits per heavy atom. The fourth-order valence-electron chi connectivity index (χ4n) is 9.96. The van der Waals surface area contributed by atoms with E-state index >= 15 is 0 Å². The zero-order valence-electron chi connectivity index (χ0n) is 43.6. The summed E-state index contributed by atoms with van der Waals surface area (Å²) in [6.07, 6.45) is 77.2. The van der Waals surface area contributed by atoms with Crippen molar-refractivity contribution < 1.29 is 14.7 Å². The van der Waals surface area contributed by atoms with Gasteiger partial charge in [-0.05, 0) is 19.3 Å². The largest absolute Gasteiger partial charge is 0.481 e. The van der Waals surface area contributed by atoms with E-state index in [0.29, 0.717) is 12.2 Å². The van der Waals surface area contributed by atoms with E-state index in [2.05, 4.69) is 6.92 Å². The summed E-state index contributed by atoms with van der Waals surface area (Å²) >= 11 is 0. The van der Waals surface area contributed by atoms with Gasteiger partial charge in [0.15, 0.2) is 0 Å². The van der Waals surface area contributed by atoms with Crippen molar-refractivity contribution in [1.82, 2.24) is 0 Å². The van der Waals surface area contributed by atoms with Gasteiger partial charge in [-0.3, -0.25) is 9.59 Å². The lowest BCUT2D eigenvalue weighted by Crippen LogP contribution is -1.97. The second-order valence-corrected chi connectivity index (χ2v) is 20.9. The summed E-state index contributed by atoms with van der Waals surface area (Å²) < 4.78 is 0. The third-order valence-electron chi connectivity index (χ3n) is 14.4. The normalized spacial score (nSPS) is 11.6. The third-order valence-corrected chi connectivity index (χ3v) is 14.4. The van der Waals surface area contributed by atoms with Gasteiger partial charge in [-0.25, -0.2) is 0 Å². The van der Waals surface area contributed by atoms with Gasteiger partial charge in [-0.1, -0.05) is 334 Å². The van der Waals surface area contributed by atoms with Crippen LogP contribution in [0.15, 0.2) is 0 Å². The van der Waals surface area contributed by atoms with Crippen molar-refractivity contribution in [3.63, 3.8) is 0 Å². The number of carboxylic acid groups (broad SMARTS) is 1. The molecular formula is C60H118O3. The molecule has 0 amide bonds. The summed E-state index contributed by atoms with van der Waals surface area (Å²) in [5, 5.41) is 8.67. The molecule has 0 fully saturated rings. The van der Waals surface area contributed by atoms with Gasteiger partial charge in [0.2, 0.25) is 0 Å².